The van der Waals surface area contributed by atoms with E-state index >= 15 is 0 Å². The Balaban J connectivity index is 1.40. The lowest BCUT2D eigenvalue weighted by molar-refractivity contribution is 0.598. The summed E-state index contributed by atoms with van der Waals surface area (Å²) in [7, 11) is 0. The van der Waals surface area contributed by atoms with Gasteiger partial charge in [0.25, 0.3) is 0 Å². The highest BCUT2D eigenvalue weighted by molar-refractivity contribution is 6.07. The predicted octanol–water partition coefficient (Wildman–Crippen LogP) is 9.68. The summed E-state index contributed by atoms with van der Waals surface area (Å²) >= 11 is 0. The van der Waals surface area contributed by atoms with Crippen LogP contribution >= 0.6 is 0 Å². The van der Waals surface area contributed by atoms with Gasteiger partial charge < -0.3 is 4.42 Å². The molecule has 0 aliphatic carbocycles. The van der Waals surface area contributed by atoms with Crippen molar-refractivity contribution in [3.05, 3.63) is 133 Å². The van der Waals surface area contributed by atoms with E-state index in [4.69, 9.17) is 26.3 Å². The summed E-state index contributed by atoms with van der Waals surface area (Å²) in [5.41, 5.74) is -0.0432. The first-order valence-electron chi connectivity index (χ1n) is 19.8. The van der Waals surface area contributed by atoms with E-state index in [0.717, 1.165) is 0 Å². The Hall–Kier alpha value is -5.28. The quantitative estimate of drug-likeness (QED) is 0.220. The molecule has 0 unspecified atom stereocenters. The van der Waals surface area contributed by atoms with Gasteiger partial charge in [-0.15, -0.1) is 0 Å². The summed E-state index contributed by atoms with van der Waals surface area (Å²) in [6.45, 7) is 0. The molecule has 0 N–H and O–H groups in total. The van der Waals surface area contributed by atoms with Crippen molar-refractivity contribution in [2.24, 2.45) is 0 Å². The first-order valence-corrected chi connectivity index (χ1v) is 11.8. The van der Waals surface area contributed by atoms with E-state index in [1.807, 2.05) is 0 Å². The van der Waals surface area contributed by atoms with E-state index < -0.39 is 103 Å². The van der Waals surface area contributed by atoms with Gasteiger partial charge in [0, 0.05) is 33.6 Å². The maximum Gasteiger partial charge on any atom is 0.135 e. The van der Waals surface area contributed by atoms with Crippen molar-refractivity contribution in [1.82, 2.24) is 9.97 Å². The number of furan rings is 1. The zero-order chi connectivity index (χ0) is 39.7. The minimum Gasteiger partial charge on any atom is -0.456 e. The molecule has 0 saturated heterocycles. The summed E-state index contributed by atoms with van der Waals surface area (Å²) < 4.78 is 142. The van der Waals surface area contributed by atoms with E-state index in [-0.39, 0.29) is 55.2 Å². The summed E-state index contributed by atoms with van der Waals surface area (Å²) in [4.78, 5) is 8.76. The van der Waals surface area contributed by atoms with Crippen LogP contribution in [0.1, 0.15) is 21.9 Å². The van der Waals surface area contributed by atoms with Gasteiger partial charge in [0.15, 0.2) is 0 Å². The SMILES string of the molecule is [2H]c1nc2c(c([2H])c1[2H])c([2H])c([2H])c1c([2H])c([2H])c(-c3ccc(-c4oc(-c5c([2H])c([2H])c([2H])c6c([2H])c([2H])c([2H])c([2H])c56)c([2H])c4[2H])c4ccccc34)nc12. The van der Waals surface area contributed by atoms with Crippen LogP contribution in [0, 0.1) is 0 Å². The number of nitrogens with zero attached hydrogens (tertiary/aromatic N) is 2. The molecule has 3 heterocycles. The van der Waals surface area contributed by atoms with E-state index in [0.29, 0.717) is 16.3 Å². The zero-order valence-electron chi connectivity index (χ0n) is 35.8. The van der Waals surface area contributed by atoms with Crippen LogP contribution in [0.15, 0.2) is 138 Å². The molecule has 39 heavy (non-hydrogen) atoms. The van der Waals surface area contributed by atoms with Gasteiger partial charge in [-0.1, -0.05) is 96.8 Å². The van der Waals surface area contributed by atoms with Crippen molar-refractivity contribution in [2.45, 2.75) is 0 Å². The summed E-state index contributed by atoms with van der Waals surface area (Å²) in [6, 6.07) is 1.57. The molecule has 3 heteroatoms. The van der Waals surface area contributed by atoms with E-state index in [1.54, 1.807) is 24.3 Å². The second kappa shape index (κ2) is 8.64. The highest BCUT2D eigenvalue weighted by Gasteiger charge is 2.15. The number of hydrogen-bond acceptors (Lipinski definition) is 3. The van der Waals surface area contributed by atoms with Crippen molar-refractivity contribution in [3.8, 4) is 33.9 Å². The first-order chi connectivity index (χ1) is 26.0. The number of rotatable bonds is 3. The van der Waals surface area contributed by atoms with Crippen molar-refractivity contribution in [3.63, 3.8) is 0 Å². The zero-order valence-corrected chi connectivity index (χ0v) is 19.8. The van der Waals surface area contributed by atoms with Gasteiger partial charge in [0.2, 0.25) is 0 Å². The molecule has 3 aromatic heterocycles. The molecule has 0 saturated carbocycles. The Labute approximate surface area is 247 Å². The maximum atomic E-state index is 8.95. The van der Waals surface area contributed by atoms with Gasteiger partial charge >= 0.3 is 0 Å². The van der Waals surface area contributed by atoms with Crippen LogP contribution in [-0.2, 0) is 0 Å². The molecule has 3 nitrogen and oxygen atoms in total. The molecular weight excluding hydrogens is 476 g/mol. The monoisotopic (exact) mass is 514 g/mol. The van der Waals surface area contributed by atoms with E-state index in [9.17, 15) is 0 Å². The maximum absolute atomic E-state index is 8.95. The number of pyridine rings is 2. The molecule has 0 spiro atoms. The lowest BCUT2D eigenvalue weighted by Gasteiger charge is -2.11. The van der Waals surface area contributed by atoms with E-state index in [2.05, 4.69) is 9.97 Å². The van der Waals surface area contributed by atoms with Crippen molar-refractivity contribution in [1.29, 1.82) is 0 Å². The molecule has 0 fully saturated rings. The number of benzene rings is 5. The predicted molar refractivity (Wildman–Crippen MR) is 161 cm³/mol. The van der Waals surface area contributed by atoms with Crippen LogP contribution in [0.5, 0.6) is 0 Å². The molecule has 0 amide bonds. The Bertz CT molecular complexity index is 3060. The fourth-order valence-corrected chi connectivity index (χ4v) is 4.63. The molecule has 0 bridgehead atoms. The van der Waals surface area contributed by atoms with Crippen LogP contribution < -0.4 is 0 Å². The minimum atomic E-state index is -0.661. The number of hydrogen-bond donors (Lipinski definition) is 0. The van der Waals surface area contributed by atoms with Crippen LogP contribution in [-0.4, -0.2) is 9.97 Å². The molecule has 0 radical (unpaired) electrons. The first kappa shape index (κ1) is 11.2. The smallest absolute Gasteiger partial charge is 0.135 e. The summed E-state index contributed by atoms with van der Waals surface area (Å²) in [5.74, 6) is -0.576. The molecule has 8 rings (SSSR count). The highest BCUT2D eigenvalue weighted by Crippen LogP contribution is 2.39. The van der Waals surface area contributed by atoms with Crippen molar-refractivity contribution >= 4 is 43.4 Å². The third-order valence-electron chi connectivity index (χ3n) is 6.41. The molecular formula is C36H22N2O. The fourth-order valence-electron chi connectivity index (χ4n) is 4.63. The lowest BCUT2D eigenvalue weighted by Crippen LogP contribution is -1.90. The largest absolute Gasteiger partial charge is 0.456 e. The van der Waals surface area contributed by atoms with Gasteiger partial charge in [0.05, 0.1) is 38.7 Å². The minimum absolute atomic E-state index is 0.0428. The Morgan fingerprint density at radius 3 is 2.10 bits per heavy atom. The third kappa shape index (κ3) is 3.52. The molecule has 182 valence electrons. The third-order valence-corrected chi connectivity index (χ3v) is 6.41. The van der Waals surface area contributed by atoms with Crippen LogP contribution in [0.25, 0.3) is 77.3 Å². The molecule has 5 aromatic carbocycles. The van der Waals surface area contributed by atoms with Gasteiger partial charge in [-0.2, -0.15) is 0 Å². The van der Waals surface area contributed by atoms with E-state index in [1.165, 1.54) is 12.1 Å². The normalized spacial score (nSPS) is 17.3. The average Bonchev–Trinajstić information content (AvgIpc) is 3.46. The van der Waals surface area contributed by atoms with Gasteiger partial charge in [-0.05, 0) is 51.8 Å². The molecule has 0 aliphatic rings. The topological polar surface area (TPSA) is 38.9 Å². The molecule has 0 atom stereocenters. The number of fused-ring (bicyclic) bond motifs is 5. The van der Waals surface area contributed by atoms with Crippen LogP contribution in [0.2, 0.25) is 0 Å². The lowest BCUT2D eigenvalue weighted by atomic mass is 9.96. The summed E-state index contributed by atoms with van der Waals surface area (Å²) in [5, 5.41) is -0.137. The van der Waals surface area contributed by atoms with Crippen molar-refractivity contribution in [2.75, 3.05) is 0 Å². The van der Waals surface area contributed by atoms with Crippen LogP contribution in [0.3, 0.4) is 0 Å². The molecule has 8 aromatic rings. The van der Waals surface area contributed by atoms with Gasteiger partial charge in [-0.25, -0.2) is 4.98 Å². The second-order valence-electron chi connectivity index (χ2n) is 8.60. The van der Waals surface area contributed by atoms with Crippen LogP contribution in [0.4, 0.5) is 0 Å². The summed E-state index contributed by atoms with van der Waals surface area (Å²) in [6.07, 6.45) is -0.561. The van der Waals surface area contributed by atoms with Gasteiger partial charge in [-0.3, -0.25) is 4.98 Å². The van der Waals surface area contributed by atoms with Crippen molar-refractivity contribution < 1.29 is 26.3 Å². The Morgan fingerprint density at radius 2 is 1.21 bits per heavy atom. The number of aromatic nitrogens is 2. The Kier molecular flexibility index (Phi) is 2.49. The molecule has 0 aliphatic heterocycles. The average molecular weight is 515 g/mol. The second-order valence-corrected chi connectivity index (χ2v) is 8.60. The standard InChI is InChI=1S/C36H22N2O/c1-2-10-26-23(7-1)8-5-13-30(26)33-20-21-34(39-33)31-18-17-29(27-11-3-4-12-28(27)31)32-19-16-25-15-14-24-9-6-22-37-35(24)36(25)38-32/h1-22H/i1D,2D,5D,6D,7D,8D,9D,10D,13D,14D,15D,16D,19D,20D,21D,22D. The highest BCUT2D eigenvalue weighted by atomic mass is 16.3. The van der Waals surface area contributed by atoms with Gasteiger partial charge in [0.1, 0.15) is 11.5 Å². The fraction of sp³-hybridized carbons (Fsp3) is 0. The Morgan fingerprint density at radius 1 is 0.513 bits per heavy atom.